The van der Waals surface area contributed by atoms with Crippen molar-refractivity contribution in [3.05, 3.63) is 27.7 Å². The zero-order chi connectivity index (χ0) is 15.2. The van der Waals surface area contributed by atoms with E-state index in [0.717, 1.165) is 30.5 Å². The van der Waals surface area contributed by atoms with E-state index in [2.05, 4.69) is 31.5 Å². The van der Waals surface area contributed by atoms with Crippen molar-refractivity contribution in [2.45, 2.75) is 12.8 Å². The summed E-state index contributed by atoms with van der Waals surface area (Å²) in [5.74, 6) is 0.622. The first kappa shape index (κ1) is 16.7. The minimum absolute atomic E-state index is 0.00988. The predicted molar refractivity (Wildman–Crippen MR) is 90.9 cm³/mol. The molecule has 2 rings (SSSR count). The number of halogens is 2. The number of hydrogen-bond donors (Lipinski definition) is 2. The maximum Gasteiger partial charge on any atom is 0.238 e. The van der Waals surface area contributed by atoms with E-state index in [1.807, 2.05) is 19.2 Å². The third-order valence-corrected chi connectivity index (χ3v) is 4.47. The molecular formula is C15H21BrClN3O. The Kier molecular flexibility index (Phi) is 6.48. The summed E-state index contributed by atoms with van der Waals surface area (Å²) >= 11 is 9.47. The number of carbonyl (C=O) groups excluding carboxylic acids is 1. The lowest BCUT2D eigenvalue weighted by molar-refractivity contribution is -0.117. The molecule has 0 aromatic heterocycles. The first-order valence-electron chi connectivity index (χ1n) is 7.20. The van der Waals surface area contributed by atoms with Crippen molar-refractivity contribution < 1.29 is 4.79 Å². The Balaban J connectivity index is 1.86. The number of piperidine rings is 1. The van der Waals surface area contributed by atoms with E-state index >= 15 is 0 Å². The molecule has 1 fully saturated rings. The molecule has 4 nitrogen and oxygen atoms in total. The van der Waals surface area contributed by atoms with Gasteiger partial charge in [-0.25, -0.2) is 0 Å². The van der Waals surface area contributed by atoms with Gasteiger partial charge in [0.1, 0.15) is 0 Å². The van der Waals surface area contributed by atoms with Gasteiger partial charge in [0.15, 0.2) is 0 Å². The molecule has 0 saturated carbocycles. The highest BCUT2D eigenvalue weighted by Crippen LogP contribution is 2.25. The summed E-state index contributed by atoms with van der Waals surface area (Å²) in [6.07, 6.45) is 2.39. The van der Waals surface area contributed by atoms with Crippen molar-refractivity contribution in [1.82, 2.24) is 10.2 Å². The molecule has 1 aromatic rings. The van der Waals surface area contributed by atoms with Crippen LogP contribution < -0.4 is 10.6 Å². The van der Waals surface area contributed by atoms with Crippen LogP contribution in [0, 0.1) is 5.92 Å². The number of anilines is 1. The summed E-state index contributed by atoms with van der Waals surface area (Å²) in [5, 5.41) is 6.64. The van der Waals surface area contributed by atoms with Crippen LogP contribution in [0.1, 0.15) is 12.8 Å². The second-order valence-corrected chi connectivity index (χ2v) is 6.80. The van der Waals surface area contributed by atoms with Crippen molar-refractivity contribution in [3.8, 4) is 0 Å². The summed E-state index contributed by atoms with van der Waals surface area (Å²) in [5.41, 5.74) is 0.661. The Morgan fingerprint density at radius 1 is 1.52 bits per heavy atom. The summed E-state index contributed by atoms with van der Waals surface area (Å²) in [4.78, 5) is 14.4. The molecule has 1 atom stereocenters. The second-order valence-electron chi connectivity index (χ2n) is 5.47. The topological polar surface area (TPSA) is 44.4 Å². The molecule has 0 aliphatic carbocycles. The second kappa shape index (κ2) is 8.13. The van der Waals surface area contributed by atoms with Crippen LogP contribution in [0.25, 0.3) is 0 Å². The molecule has 0 radical (unpaired) electrons. The van der Waals surface area contributed by atoms with Gasteiger partial charge < -0.3 is 10.6 Å². The molecule has 1 unspecified atom stereocenters. The number of nitrogens with zero attached hydrogens (tertiary/aromatic N) is 1. The van der Waals surface area contributed by atoms with Crippen molar-refractivity contribution >= 4 is 39.1 Å². The highest BCUT2D eigenvalue weighted by Gasteiger charge is 2.21. The van der Waals surface area contributed by atoms with Crippen molar-refractivity contribution in [3.63, 3.8) is 0 Å². The summed E-state index contributed by atoms with van der Waals surface area (Å²) in [7, 11) is 1.97. The van der Waals surface area contributed by atoms with Gasteiger partial charge in [-0.05, 0) is 57.1 Å². The van der Waals surface area contributed by atoms with Crippen LogP contribution in [-0.4, -0.2) is 44.0 Å². The van der Waals surface area contributed by atoms with Crippen LogP contribution in [0.3, 0.4) is 0 Å². The maximum absolute atomic E-state index is 12.1. The molecule has 1 aromatic carbocycles. The summed E-state index contributed by atoms with van der Waals surface area (Å²) in [6, 6.07) is 5.46. The molecule has 0 bridgehead atoms. The highest BCUT2D eigenvalue weighted by atomic mass is 79.9. The quantitative estimate of drug-likeness (QED) is 0.833. The standard InChI is InChI=1S/C15H21BrClN3O/c1-18-8-11-3-2-6-20(9-11)10-15(21)19-14-5-4-12(16)7-13(14)17/h4-5,7,11,18H,2-3,6,8-10H2,1H3,(H,19,21). The van der Waals surface area contributed by atoms with Crippen molar-refractivity contribution in [2.24, 2.45) is 5.92 Å². The third kappa shape index (κ3) is 5.25. The minimum Gasteiger partial charge on any atom is -0.324 e. The Morgan fingerprint density at radius 3 is 3.05 bits per heavy atom. The number of amides is 1. The van der Waals surface area contributed by atoms with E-state index in [1.54, 1.807) is 6.07 Å². The van der Waals surface area contributed by atoms with E-state index in [9.17, 15) is 4.79 Å². The average Bonchev–Trinajstić information content (AvgIpc) is 2.43. The number of hydrogen-bond acceptors (Lipinski definition) is 3. The Bertz CT molecular complexity index is 496. The zero-order valence-corrected chi connectivity index (χ0v) is 14.5. The van der Waals surface area contributed by atoms with E-state index < -0.39 is 0 Å². The fourth-order valence-electron chi connectivity index (χ4n) is 2.73. The number of nitrogens with one attached hydrogen (secondary N) is 2. The molecule has 1 saturated heterocycles. The van der Waals surface area contributed by atoms with Crippen LogP contribution >= 0.6 is 27.5 Å². The molecule has 1 aliphatic rings. The minimum atomic E-state index is -0.00988. The lowest BCUT2D eigenvalue weighted by Gasteiger charge is -2.32. The maximum atomic E-state index is 12.1. The molecule has 0 spiro atoms. The van der Waals surface area contributed by atoms with Crippen LogP contribution in [0.2, 0.25) is 5.02 Å². The third-order valence-electron chi connectivity index (χ3n) is 3.67. The van der Waals surface area contributed by atoms with Gasteiger partial charge in [-0.1, -0.05) is 27.5 Å². The van der Waals surface area contributed by atoms with Gasteiger partial charge in [0, 0.05) is 11.0 Å². The molecule has 1 aliphatic heterocycles. The fourth-order valence-corrected chi connectivity index (χ4v) is 3.45. The normalized spacial score (nSPS) is 19.5. The van der Waals surface area contributed by atoms with Crippen LogP contribution in [0.15, 0.2) is 22.7 Å². The van der Waals surface area contributed by atoms with Gasteiger partial charge in [-0.3, -0.25) is 9.69 Å². The number of likely N-dealkylation sites (tertiary alicyclic amines) is 1. The van der Waals surface area contributed by atoms with Gasteiger partial charge in [0.2, 0.25) is 5.91 Å². The average molecular weight is 375 g/mol. The lowest BCUT2D eigenvalue weighted by atomic mass is 9.98. The van der Waals surface area contributed by atoms with Crippen molar-refractivity contribution in [1.29, 1.82) is 0 Å². The molecule has 21 heavy (non-hydrogen) atoms. The SMILES string of the molecule is CNCC1CCCN(CC(=O)Nc2ccc(Br)cc2Cl)C1. The van der Waals surface area contributed by atoms with Crippen LogP contribution in [0.5, 0.6) is 0 Å². The lowest BCUT2D eigenvalue weighted by Crippen LogP contribution is -2.42. The van der Waals surface area contributed by atoms with E-state index in [-0.39, 0.29) is 5.91 Å². The number of rotatable bonds is 5. The molecule has 1 heterocycles. The fraction of sp³-hybridized carbons (Fsp3) is 0.533. The molecule has 116 valence electrons. The first-order valence-corrected chi connectivity index (χ1v) is 8.37. The Labute approximate surface area is 139 Å². The Hall–Kier alpha value is -0.620. The number of benzene rings is 1. The van der Waals surface area contributed by atoms with Gasteiger partial charge in [0.05, 0.1) is 17.3 Å². The first-order chi connectivity index (χ1) is 10.1. The summed E-state index contributed by atoms with van der Waals surface area (Å²) in [6.45, 7) is 3.40. The monoisotopic (exact) mass is 373 g/mol. The predicted octanol–water partition coefficient (Wildman–Crippen LogP) is 2.97. The highest BCUT2D eigenvalue weighted by molar-refractivity contribution is 9.10. The van der Waals surface area contributed by atoms with Crippen molar-refractivity contribution in [2.75, 3.05) is 38.5 Å². The molecular weight excluding hydrogens is 354 g/mol. The molecule has 2 N–H and O–H groups in total. The smallest absolute Gasteiger partial charge is 0.238 e. The Morgan fingerprint density at radius 2 is 2.33 bits per heavy atom. The van der Waals surface area contributed by atoms with E-state index in [1.165, 1.54) is 6.42 Å². The molecule has 1 amide bonds. The van der Waals surface area contributed by atoms with E-state index in [4.69, 9.17) is 11.6 Å². The summed E-state index contributed by atoms with van der Waals surface area (Å²) < 4.78 is 0.899. The number of carbonyl (C=O) groups is 1. The van der Waals surface area contributed by atoms with Crippen LogP contribution in [0.4, 0.5) is 5.69 Å². The van der Waals surface area contributed by atoms with Gasteiger partial charge in [0.25, 0.3) is 0 Å². The van der Waals surface area contributed by atoms with Gasteiger partial charge >= 0.3 is 0 Å². The van der Waals surface area contributed by atoms with Gasteiger partial charge in [-0.2, -0.15) is 0 Å². The largest absolute Gasteiger partial charge is 0.324 e. The van der Waals surface area contributed by atoms with Gasteiger partial charge in [-0.15, -0.1) is 0 Å². The van der Waals surface area contributed by atoms with E-state index in [0.29, 0.717) is 23.2 Å². The zero-order valence-electron chi connectivity index (χ0n) is 12.2. The molecule has 6 heteroatoms. The van der Waals surface area contributed by atoms with Crippen LogP contribution in [-0.2, 0) is 4.79 Å².